The Morgan fingerprint density at radius 2 is 1.17 bits per heavy atom. The lowest BCUT2D eigenvalue weighted by atomic mass is 9.87. The number of hydrogen-bond donors (Lipinski definition) is 3. The van der Waals surface area contributed by atoms with Crippen molar-refractivity contribution < 1.29 is 14.4 Å². The maximum Gasteiger partial charge on any atom is 0.239 e. The summed E-state index contributed by atoms with van der Waals surface area (Å²) < 4.78 is 0. The average Bonchev–Trinajstić information content (AvgIpc) is 2.61. The highest BCUT2D eigenvalue weighted by Crippen LogP contribution is 2.26. The van der Waals surface area contributed by atoms with Gasteiger partial charge in [0.15, 0.2) is 0 Å². The third-order valence-corrected chi connectivity index (χ3v) is 4.58. The molecule has 2 aromatic rings. The minimum absolute atomic E-state index is 0.0213. The van der Waals surface area contributed by atoms with Crippen LogP contribution in [0.1, 0.15) is 47.1 Å². The number of anilines is 3. The first-order valence-corrected chi connectivity index (χ1v) is 9.51. The Morgan fingerprint density at radius 3 is 1.66 bits per heavy atom. The van der Waals surface area contributed by atoms with Crippen LogP contribution in [0.2, 0.25) is 0 Å². The van der Waals surface area contributed by atoms with Crippen LogP contribution in [0.4, 0.5) is 17.1 Å². The molecule has 0 atom stereocenters. The maximum atomic E-state index is 12.7. The highest BCUT2D eigenvalue weighted by molar-refractivity contribution is 6.14. The number of hydrogen-bond acceptors (Lipinski definition) is 3. The number of carbonyl (C=O) groups is 3. The van der Waals surface area contributed by atoms with E-state index in [2.05, 4.69) is 36.7 Å². The van der Waals surface area contributed by atoms with E-state index in [9.17, 15) is 14.4 Å². The van der Waals surface area contributed by atoms with Gasteiger partial charge in [0.05, 0.1) is 0 Å². The molecule has 0 saturated heterocycles. The van der Waals surface area contributed by atoms with Crippen molar-refractivity contribution in [1.29, 1.82) is 0 Å². The number of benzene rings is 2. The Balaban J connectivity index is 2.08. The molecule has 0 saturated carbocycles. The van der Waals surface area contributed by atoms with Gasteiger partial charge in [-0.1, -0.05) is 39.0 Å². The second-order valence-corrected chi connectivity index (χ2v) is 8.62. The van der Waals surface area contributed by atoms with Crippen LogP contribution in [0.15, 0.2) is 48.5 Å². The molecule has 154 valence electrons. The molecule has 0 aliphatic rings. The Hall–Kier alpha value is -3.15. The number of nitrogens with one attached hydrogen (secondary N) is 3. The molecule has 29 heavy (non-hydrogen) atoms. The Kier molecular flexibility index (Phi) is 6.47. The van der Waals surface area contributed by atoms with Crippen molar-refractivity contribution in [1.82, 2.24) is 0 Å². The summed E-state index contributed by atoms with van der Waals surface area (Å²) in [5.74, 6) is -1.05. The zero-order valence-corrected chi connectivity index (χ0v) is 17.8. The van der Waals surface area contributed by atoms with Crippen molar-refractivity contribution in [3.05, 3.63) is 54.1 Å². The summed E-state index contributed by atoms with van der Waals surface area (Å²) >= 11 is 0. The van der Waals surface area contributed by atoms with Gasteiger partial charge in [-0.25, -0.2) is 0 Å². The van der Waals surface area contributed by atoms with Crippen molar-refractivity contribution in [2.75, 3.05) is 16.0 Å². The van der Waals surface area contributed by atoms with E-state index in [0.29, 0.717) is 17.1 Å². The number of carbonyl (C=O) groups excluding carboxylic acids is 3. The van der Waals surface area contributed by atoms with Crippen LogP contribution in [-0.4, -0.2) is 17.7 Å². The Bertz CT molecular complexity index is 910. The summed E-state index contributed by atoms with van der Waals surface area (Å²) in [6.45, 7) is 10.9. The molecule has 0 heterocycles. The van der Waals surface area contributed by atoms with Crippen LogP contribution >= 0.6 is 0 Å². The van der Waals surface area contributed by atoms with E-state index < -0.39 is 17.2 Å². The summed E-state index contributed by atoms with van der Waals surface area (Å²) in [7, 11) is 0. The van der Waals surface area contributed by atoms with Gasteiger partial charge in [0, 0.05) is 24.0 Å². The third-order valence-electron chi connectivity index (χ3n) is 4.58. The van der Waals surface area contributed by atoms with E-state index in [1.807, 2.05) is 24.3 Å². The van der Waals surface area contributed by atoms with E-state index in [4.69, 9.17) is 0 Å². The smallest absolute Gasteiger partial charge is 0.239 e. The van der Waals surface area contributed by atoms with Crippen molar-refractivity contribution in [2.45, 2.75) is 47.0 Å². The molecule has 0 aliphatic heterocycles. The molecule has 0 aromatic heterocycles. The van der Waals surface area contributed by atoms with Crippen LogP contribution in [0.5, 0.6) is 0 Å². The summed E-state index contributed by atoms with van der Waals surface area (Å²) in [6, 6.07) is 14.4. The zero-order valence-electron chi connectivity index (χ0n) is 17.8. The van der Waals surface area contributed by atoms with Gasteiger partial charge in [0.25, 0.3) is 0 Å². The maximum absolute atomic E-state index is 12.7. The Morgan fingerprint density at radius 1 is 0.690 bits per heavy atom. The molecule has 6 nitrogen and oxygen atoms in total. The highest BCUT2D eigenvalue weighted by Gasteiger charge is 2.36. The van der Waals surface area contributed by atoms with E-state index in [1.54, 1.807) is 38.1 Å². The SMILES string of the molecule is CC(=O)Nc1cccc(NC(=O)C(C)(C)C(=O)Nc2ccc(C(C)(C)C)cc2)c1. The quantitative estimate of drug-likeness (QED) is 0.649. The molecule has 2 aromatic carbocycles. The Labute approximate surface area is 172 Å². The fraction of sp³-hybridized carbons (Fsp3) is 0.348. The number of amides is 3. The lowest BCUT2D eigenvalue weighted by Gasteiger charge is -2.23. The summed E-state index contributed by atoms with van der Waals surface area (Å²) in [5, 5.41) is 8.21. The van der Waals surface area contributed by atoms with Gasteiger partial charge >= 0.3 is 0 Å². The van der Waals surface area contributed by atoms with E-state index in [1.165, 1.54) is 6.92 Å². The molecule has 2 rings (SSSR count). The minimum Gasteiger partial charge on any atom is -0.326 e. The molecule has 0 fully saturated rings. The van der Waals surface area contributed by atoms with E-state index >= 15 is 0 Å². The summed E-state index contributed by atoms with van der Waals surface area (Å²) in [6.07, 6.45) is 0. The van der Waals surface area contributed by atoms with Crippen LogP contribution in [0.3, 0.4) is 0 Å². The normalized spacial score (nSPS) is 11.5. The lowest BCUT2D eigenvalue weighted by Crippen LogP contribution is -2.41. The van der Waals surface area contributed by atoms with Gasteiger partial charge in [-0.3, -0.25) is 14.4 Å². The molecular weight excluding hydrogens is 366 g/mol. The highest BCUT2D eigenvalue weighted by atomic mass is 16.2. The fourth-order valence-corrected chi connectivity index (χ4v) is 2.61. The molecule has 0 aliphatic carbocycles. The van der Waals surface area contributed by atoms with Crippen molar-refractivity contribution >= 4 is 34.8 Å². The predicted octanol–water partition coefficient (Wildman–Crippen LogP) is 4.55. The lowest BCUT2D eigenvalue weighted by molar-refractivity contribution is -0.135. The largest absolute Gasteiger partial charge is 0.326 e. The van der Waals surface area contributed by atoms with Crippen molar-refractivity contribution in [3.63, 3.8) is 0 Å². The molecule has 3 N–H and O–H groups in total. The standard InChI is InChI=1S/C23H29N3O3/c1-15(27)24-18-8-7-9-19(14-18)26-21(29)23(5,6)20(28)25-17-12-10-16(11-13-17)22(2,3)4/h7-14H,1-6H3,(H,24,27)(H,25,28)(H,26,29). The van der Waals surface area contributed by atoms with Crippen molar-refractivity contribution in [2.24, 2.45) is 5.41 Å². The van der Waals surface area contributed by atoms with Gasteiger partial charge in [0.1, 0.15) is 5.41 Å². The van der Waals surface area contributed by atoms with Crippen molar-refractivity contribution in [3.8, 4) is 0 Å². The molecule has 0 unspecified atom stereocenters. The number of rotatable bonds is 5. The topological polar surface area (TPSA) is 87.3 Å². The second-order valence-electron chi connectivity index (χ2n) is 8.62. The third kappa shape index (κ3) is 5.91. The van der Waals surface area contributed by atoms with Crippen LogP contribution in [0, 0.1) is 5.41 Å². The monoisotopic (exact) mass is 395 g/mol. The minimum atomic E-state index is -1.30. The zero-order chi connectivity index (χ0) is 21.8. The van der Waals surface area contributed by atoms with Gasteiger partial charge in [-0.05, 0) is 55.2 Å². The van der Waals surface area contributed by atoms with E-state index in [-0.39, 0.29) is 11.3 Å². The summed E-state index contributed by atoms with van der Waals surface area (Å²) in [4.78, 5) is 36.7. The average molecular weight is 396 g/mol. The predicted molar refractivity (Wildman–Crippen MR) is 117 cm³/mol. The molecular formula is C23H29N3O3. The van der Waals surface area contributed by atoms with E-state index in [0.717, 1.165) is 5.56 Å². The second kappa shape index (κ2) is 8.47. The molecule has 0 spiro atoms. The van der Waals surface area contributed by atoms with Crippen LogP contribution < -0.4 is 16.0 Å². The molecule has 0 bridgehead atoms. The molecule has 0 radical (unpaired) electrons. The summed E-state index contributed by atoms with van der Waals surface area (Å²) in [5.41, 5.74) is 1.58. The van der Waals surface area contributed by atoms with Gasteiger partial charge in [-0.15, -0.1) is 0 Å². The first-order valence-electron chi connectivity index (χ1n) is 9.51. The van der Waals surface area contributed by atoms with Crippen LogP contribution in [-0.2, 0) is 19.8 Å². The van der Waals surface area contributed by atoms with Crippen LogP contribution in [0.25, 0.3) is 0 Å². The first-order chi connectivity index (χ1) is 13.4. The fourth-order valence-electron chi connectivity index (χ4n) is 2.61. The molecule has 3 amide bonds. The first kappa shape index (κ1) is 22.1. The van der Waals surface area contributed by atoms with Gasteiger partial charge in [-0.2, -0.15) is 0 Å². The van der Waals surface area contributed by atoms with Gasteiger partial charge < -0.3 is 16.0 Å². The molecule has 6 heteroatoms. The van der Waals surface area contributed by atoms with Gasteiger partial charge in [0.2, 0.25) is 17.7 Å².